The van der Waals surface area contributed by atoms with Gasteiger partial charge in [0.2, 0.25) is 0 Å². The van der Waals surface area contributed by atoms with Crippen molar-refractivity contribution in [2.24, 2.45) is 5.73 Å². The third-order valence-electron chi connectivity index (χ3n) is 2.99. The molecule has 0 fully saturated rings. The van der Waals surface area contributed by atoms with E-state index in [0.29, 0.717) is 23.5 Å². The van der Waals surface area contributed by atoms with Crippen molar-refractivity contribution in [3.05, 3.63) is 46.7 Å². The van der Waals surface area contributed by atoms with Gasteiger partial charge < -0.3 is 10.2 Å². The summed E-state index contributed by atoms with van der Waals surface area (Å²) in [7, 11) is 0. The van der Waals surface area contributed by atoms with Crippen LogP contribution in [0.25, 0.3) is 11.3 Å². The lowest BCUT2D eigenvalue weighted by Gasteiger charge is -2.10. The van der Waals surface area contributed by atoms with Crippen LogP contribution in [-0.2, 0) is 6.18 Å². The van der Waals surface area contributed by atoms with E-state index in [1.54, 1.807) is 12.1 Å². The van der Waals surface area contributed by atoms with Crippen LogP contribution >= 0.6 is 11.6 Å². The van der Waals surface area contributed by atoms with Gasteiger partial charge >= 0.3 is 6.18 Å². The van der Waals surface area contributed by atoms with Gasteiger partial charge in [0.05, 0.1) is 16.6 Å². The van der Waals surface area contributed by atoms with E-state index in [9.17, 15) is 13.2 Å². The molecule has 6 heteroatoms. The minimum atomic E-state index is -4.50. The molecule has 1 aromatic heterocycles. The van der Waals surface area contributed by atoms with Crippen LogP contribution in [0.3, 0.4) is 0 Å². The molecule has 0 aliphatic carbocycles. The van der Waals surface area contributed by atoms with Crippen LogP contribution in [0.1, 0.15) is 30.7 Å². The SMILES string of the molecule is CCC(N)c1ccc(-c2ccc(Cl)c(C(F)(F)F)c2)o1. The maximum absolute atomic E-state index is 12.8. The summed E-state index contributed by atoms with van der Waals surface area (Å²) in [5, 5.41) is -0.335. The molecule has 108 valence electrons. The first-order valence-corrected chi connectivity index (χ1v) is 6.43. The number of hydrogen-bond donors (Lipinski definition) is 1. The van der Waals surface area contributed by atoms with Crippen LogP contribution in [0.4, 0.5) is 13.2 Å². The zero-order chi connectivity index (χ0) is 14.9. The van der Waals surface area contributed by atoms with E-state index in [1.165, 1.54) is 12.1 Å². The molecule has 0 spiro atoms. The van der Waals surface area contributed by atoms with E-state index in [1.807, 2.05) is 6.92 Å². The van der Waals surface area contributed by atoms with Gasteiger partial charge in [0.25, 0.3) is 0 Å². The molecule has 0 radical (unpaired) electrons. The van der Waals surface area contributed by atoms with Gasteiger partial charge in [0, 0.05) is 5.56 Å². The summed E-state index contributed by atoms with van der Waals surface area (Å²) >= 11 is 5.58. The molecule has 1 aromatic carbocycles. The van der Waals surface area contributed by atoms with Crippen LogP contribution in [0.2, 0.25) is 5.02 Å². The van der Waals surface area contributed by atoms with Crippen LogP contribution in [-0.4, -0.2) is 0 Å². The molecule has 20 heavy (non-hydrogen) atoms. The van der Waals surface area contributed by atoms with Crippen molar-refractivity contribution in [3.63, 3.8) is 0 Å². The summed E-state index contributed by atoms with van der Waals surface area (Å²) in [6, 6.07) is 6.68. The molecular formula is C14H13ClF3NO. The lowest BCUT2D eigenvalue weighted by molar-refractivity contribution is -0.137. The van der Waals surface area contributed by atoms with Gasteiger partial charge in [-0.15, -0.1) is 0 Å². The Bertz CT molecular complexity index is 607. The van der Waals surface area contributed by atoms with Crippen molar-refractivity contribution in [1.29, 1.82) is 0 Å². The highest BCUT2D eigenvalue weighted by molar-refractivity contribution is 6.31. The van der Waals surface area contributed by atoms with E-state index in [2.05, 4.69) is 0 Å². The molecule has 2 rings (SSSR count). The molecule has 0 aliphatic rings. The second-order valence-electron chi connectivity index (χ2n) is 4.41. The van der Waals surface area contributed by atoms with Crippen LogP contribution < -0.4 is 5.73 Å². The standard InChI is InChI=1S/C14H13ClF3NO/c1-2-11(19)13-6-5-12(20-13)8-3-4-10(15)9(7-8)14(16,17)18/h3-7,11H,2,19H2,1H3. The van der Waals surface area contributed by atoms with Crippen molar-refractivity contribution in [2.75, 3.05) is 0 Å². The Hall–Kier alpha value is -1.46. The summed E-state index contributed by atoms with van der Waals surface area (Å²) in [6.07, 6.45) is -3.82. The van der Waals surface area contributed by atoms with Crippen molar-refractivity contribution < 1.29 is 17.6 Å². The molecule has 1 unspecified atom stereocenters. The first-order valence-electron chi connectivity index (χ1n) is 6.05. The highest BCUT2D eigenvalue weighted by atomic mass is 35.5. The zero-order valence-corrected chi connectivity index (χ0v) is 11.4. The third-order valence-corrected chi connectivity index (χ3v) is 3.32. The number of rotatable bonds is 3. The Morgan fingerprint density at radius 1 is 1.25 bits per heavy atom. The molecule has 0 bridgehead atoms. The Morgan fingerprint density at radius 2 is 1.95 bits per heavy atom. The maximum atomic E-state index is 12.8. The maximum Gasteiger partial charge on any atom is 0.417 e. The molecule has 2 nitrogen and oxygen atoms in total. The molecular weight excluding hydrogens is 291 g/mol. The number of halogens is 4. The second kappa shape index (κ2) is 5.50. The van der Waals surface area contributed by atoms with Crippen molar-refractivity contribution in [3.8, 4) is 11.3 Å². The highest BCUT2D eigenvalue weighted by Gasteiger charge is 2.33. The first-order chi connectivity index (χ1) is 9.32. The molecule has 1 heterocycles. The fourth-order valence-electron chi connectivity index (χ4n) is 1.80. The van der Waals surface area contributed by atoms with E-state index in [0.717, 1.165) is 6.07 Å². The predicted octanol–water partition coefficient (Wildman–Crippen LogP) is 5.03. The fourth-order valence-corrected chi connectivity index (χ4v) is 2.03. The average molecular weight is 304 g/mol. The summed E-state index contributed by atoms with van der Waals surface area (Å²) in [5.41, 5.74) is 5.25. The minimum absolute atomic E-state index is 0.266. The number of hydrogen-bond acceptors (Lipinski definition) is 2. The van der Waals surface area contributed by atoms with E-state index < -0.39 is 11.7 Å². The van der Waals surface area contributed by atoms with Gasteiger partial charge in [-0.05, 0) is 36.8 Å². The van der Waals surface area contributed by atoms with Gasteiger partial charge in [-0.2, -0.15) is 13.2 Å². The van der Waals surface area contributed by atoms with E-state index in [4.69, 9.17) is 21.8 Å². The quantitative estimate of drug-likeness (QED) is 0.864. The topological polar surface area (TPSA) is 39.2 Å². The third kappa shape index (κ3) is 2.99. The largest absolute Gasteiger partial charge is 0.459 e. The smallest absolute Gasteiger partial charge is 0.417 e. The van der Waals surface area contributed by atoms with Gasteiger partial charge in [-0.25, -0.2) is 0 Å². The lowest BCUT2D eigenvalue weighted by Crippen LogP contribution is -2.07. The Balaban J connectivity index is 2.41. The van der Waals surface area contributed by atoms with Crippen LogP contribution in [0.15, 0.2) is 34.7 Å². The van der Waals surface area contributed by atoms with Crippen molar-refractivity contribution in [1.82, 2.24) is 0 Å². The van der Waals surface area contributed by atoms with Gasteiger partial charge in [-0.1, -0.05) is 18.5 Å². The Morgan fingerprint density at radius 3 is 2.55 bits per heavy atom. The predicted molar refractivity (Wildman–Crippen MR) is 71.4 cm³/mol. The van der Waals surface area contributed by atoms with Gasteiger partial charge in [0.1, 0.15) is 11.5 Å². The van der Waals surface area contributed by atoms with Crippen LogP contribution in [0.5, 0.6) is 0 Å². The molecule has 0 saturated heterocycles. The minimum Gasteiger partial charge on any atom is -0.459 e. The monoisotopic (exact) mass is 303 g/mol. The fraction of sp³-hybridized carbons (Fsp3) is 0.286. The van der Waals surface area contributed by atoms with Crippen molar-refractivity contribution in [2.45, 2.75) is 25.6 Å². The summed E-state index contributed by atoms with van der Waals surface area (Å²) < 4.78 is 43.9. The Labute approximate surface area is 119 Å². The van der Waals surface area contributed by atoms with Gasteiger partial charge in [0.15, 0.2) is 0 Å². The highest BCUT2D eigenvalue weighted by Crippen LogP contribution is 2.37. The normalized spacial score (nSPS) is 13.5. The van der Waals surface area contributed by atoms with Gasteiger partial charge in [-0.3, -0.25) is 0 Å². The average Bonchev–Trinajstić information content (AvgIpc) is 2.86. The summed E-state index contributed by atoms with van der Waals surface area (Å²) in [6.45, 7) is 1.90. The number of alkyl halides is 3. The molecule has 0 amide bonds. The number of nitrogens with two attached hydrogens (primary N) is 1. The first kappa shape index (κ1) is 14.9. The Kier molecular flexibility index (Phi) is 4.11. The van der Waals surface area contributed by atoms with Crippen molar-refractivity contribution >= 4 is 11.6 Å². The second-order valence-corrected chi connectivity index (χ2v) is 4.82. The molecule has 2 aromatic rings. The number of benzene rings is 1. The molecule has 1 atom stereocenters. The molecule has 2 N–H and O–H groups in total. The summed E-state index contributed by atoms with van der Waals surface area (Å²) in [4.78, 5) is 0. The zero-order valence-electron chi connectivity index (χ0n) is 10.7. The number of furan rings is 1. The van der Waals surface area contributed by atoms with E-state index >= 15 is 0 Å². The lowest BCUT2D eigenvalue weighted by atomic mass is 10.1. The summed E-state index contributed by atoms with van der Waals surface area (Å²) in [5.74, 6) is 0.886. The van der Waals surface area contributed by atoms with Crippen LogP contribution in [0, 0.1) is 0 Å². The molecule has 0 saturated carbocycles. The van der Waals surface area contributed by atoms with E-state index in [-0.39, 0.29) is 11.1 Å². The molecule has 0 aliphatic heterocycles.